The molecule has 3 N–H and O–H groups in total. The molecule has 3 nitrogen and oxygen atoms in total. The highest BCUT2D eigenvalue weighted by Gasteiger charge is 2.31. The molecular formula is C13H15F3N2O. The van der Waals surface area contributed by atoms with Crippen molar-refractivity contribution in [2.24, 2.45) is 11.7 Å². The second-order valence-electron chi connectivity index (χ2n) is 4.89. The summed E-state index contributed by atoms with van der Waals surface area (Å²) >= 11 is 0. The maximum absolute atomic E-state index is 12.5. The van der Waals surface area contributed by atoms with E-state index in [4.69, 9.17) is 5.73 Å². The molecule has 0 spiro atoms. The van der Waals surface area contributed by atoms with Crippen molar-refractivity contribution < 1.29 is 18.0 Å². The van der Waals surface area contributed by atoms with Gasteiger partial charge in [-0.1, -0.05) is 6.07 Å². The average Bonchev–Trinajstić information content (AvgIpc) is 2.32. The third-order valence-electron chi connectivity index (χ3n) is 3.28. The number of alkyl halides is 3. The molecule has 1 aliphatic rings. The second kappa shape index (κ2) is 5.21. The molecule has 19 heavy (non-hydrogen) atoms. The molecule has 0 heterocycles. The number of benzene rings is 1. The van der Waals surface area contributed by atoms with E-state index in [1.807, 2.05) is 0 Å². The summed E-state index contributed by atoms with van der Waals surface area (Å²) in [5.41, 5.74) is 4.83. The number of nitrogens with two attached hydrogens (primary N) is 1. The third kappa shape index (κ3) is 3.47. The number of hydrogen-bond acceptors (Lipinski definition) is 2. The molecule has 1 aliphatic carbocycles. The van der Waals surface area contributed by atoms with Crippen LogP contribution >= 0.6 is 0 Å². The summed E-state index contributed by atoms with van der Waals surface area (Å²) in [4.78, 5) is 11.7. The number of rotatable bonds is 3. The molecule has 0 bridgehead atoms. The van der Waals surface area contributed by atoms with Gasteiger partial charge in [-0.15, -0.1) is 0 Å². The number of carbonyl (C=O) groups excluding carboxylic acids is 1. The van der Waals surface area contributed by atoms with Crippen molar-refractivity contribution in [2.75, 3.05) is 6.54 Å². The highest BCUT2D eigenvalue weighted by atomic mass is 19.4. The Kier molecular flexibility index (Phi) is 3.80. The van der Waals surface area contributed by atoms with Crippen molar-refractivity contribution in [3.8, 4) is 0 Å². The van der Waals surface area contributed by atoms with E-state index in [1.54, 1.807) is 0 Å². The zero-order chi connectivity index (χ0) is 14.0. The van der Waals surface area contributed by atoms with Gasteiger partial charge in [0.2, 0.25) is 0 Å². The Morgan fingerprint density at radius 3 is 2.63 bits per heavy atom. The molecule has 2 rings (SSSR count). The van der Waals surface area contributed by atoms with Gasteiger partial charge in [0.25, 0.3) is 5.91 Å². The van der Waals surface area contributed by atoms with E-state index in [0.717, 1.165) is 25.0 Å². The maximum Gasteiger partial charge on any atom is 0.416 e. The van der Waals surface area contributed by atoms with Crippen molar-refractivity contribution >= 4 is 5.91 Å². The lowest BCUT2D eigenvalue weighted by atomic mass is 9.81. The van der Waals surface area contributed by atoms with Crippen LogP contribution in [0.25, 0.3) is 0 Å². The second-order valence-corrected chi connectivity index (χ2v) is 4.89. The molecule has 0 atom stereocenters. The maximum atomic E-state index is 12.5. The van der Waals surface area contributed by atoms with Crippen LogP contribution in [-0.2, 0) is 6.18 Å². The van der Waals surface area contributed by atoms with Gasteiger partial charge >= 0.3 is 6.18 Å². The molecular weight excluding hydrogens is 257 g/mol. The summed E-state index contributed by atoms with van der Waals surface area (Å²) in [6.07, 6.45) is -2.73. The van der Waals surface area contributed by atoms with E-state index >= 15 is 0 Å². The van der Waals surface area contributed by atoms with Gasteiger partial charge < -0.3 is 11.1 Å². The molecule has 6 heteroatoms. The van der Waals surface area contributed by atoms with Gasteiger partial charge in [-0.05, 0) is 37.0 Å². The van der Waals surface area contributed by atoms with Crippen molar-refractivity contribution in [3.05, 3.63) is 35.4 Å². The van der Waals surface area contributed by atoms with Gasteiger partial charge in [-0.2, -0.15) is 13.2 Å². The molecule has 104 valence electrons. The van der Waals surface area contributed by atoms with Gasteiger partial charge in [0.05, 0.1) is 5.56 Å². The fraction of sp³-hybridized carbons (Fsp3) is 0.462. The van der Waals surface area contributed by atoms with E-state index in [0.29, 0.717) is 12.5 Å². The van der Waals surface area contributed by atoms with Crippen molar-refractivity contribution in [2.45, 2.75) is 25.1 Å². The topological polar surface area (TPSA) is 55.1 Å². The predicted molar refractivity (Wildman–Crippen MR) is 64.5 cm³/mol. The molecule has 1 amide bonds. The predicted octanol–water partition coefficient (Wildman–Crippen LogP) is 2.17. The van der Waals surface area contributed by atoms with E-state index in [9.17, 15) is 18.0 Å². The van der Waals surface area contributed by atoms with Crippen molar-refractivity contribution in [3.63, 3.8) is 0 Å². The Morgan fingerprint density at radius 2 is 2.05 bits per heavy atom. The smallest absolute Gasteiger partial charge is 0.352 e. The van der Waals surface area contributed by atoms with Crippen LogP contribution in [0.3, 0.4) is 0 Å². The SMILES string of the molecule is NC1CC(CNC(=O)c2cccc(C(F)(F)F)c2)C1. The monoisotopic (exact) mass is 272 g/mol. The van der Waals surface area contributed by atoms with Crippen LogP contribution in [0, 0.1) is 5.92 Å². The highest BCUT2D eigenvalue weighted by Crippen LogP contribution is 2.29. The third-order valence-corrected chi connectivity index (χ3v) is 3.28. The first-order chi connectivity index (χ1) is 8.86. The number of carbonyl (C=O) groups is 1. The summed E-state index contributed by atoms with van der Waals surface area (Å²) in [5, 5.41) is 2.64. The van der Waals surface area contributed by atoms with Gasteiger partial charge in [0.15, 0.2) is 0 Å². The molecule has 0 radical (unpaired) electrons. The number of hydrogen-bond donors (Lipinski definition) is 2. The fourth-order valence-corrected chi connectivity index (χ4v) is 2.13. The summed E-state index contributed by atoms with van der Waals surface area (Å²) in [7, 11) is 0. The molecule has 0 aliphatic heterocycles. The highest BCUT2D eigenvalue weighted by molar-refractivity contribution is 5.94. The van der Waals surface area contributed by atoms with Crippen LogP contribution in [0.15, 0.2) is 24.3 Å². The van der Waals surface area contributed by atoms with Crippen LogP contribution in [0.5, 0.6) is 0 Å². The van der Waals surface area contributed by atoms with E-state index in [2.05, 4.69) is 5.32 Å². The van der Waals surface area contributed by atoms with Crippen LogP contribution < -0.4 is 11.1 Å². The first-order valence-electron chi connectivity index (χ1n) is 6.07. The lowest BCUT2D eigenvalue weighted by Crippen LogP contribution is -2.42. The molecule has 1 fully saturated rings. The van der Waals surface area contributed by atoms with E-state index in [-0.39, 0.29) is 11.6 Å². The Bertz CT molecular complexity index is 467. The Hall–Kier alpha value is -1.56. The Balaban J connectivity index is 1.95. The largest absolute Gasteiger partial charge is 0.416 e. The van der Waals surface area contributed by atoms with Gasteiger partial charge in [-0.3, -0.25) is 4.79 Å². The zero-order valence-electron chi connectivity index (χ0n) is 10.2. The lowest BCUT2D eigenvalue weighted by Gasteiger charge is -2.32. The molecule has 0 unspecified atom stereocenters. The minimum Gasteiger partial charge on any atom is -0.352 e. The molecule has 1 saturated carbocycles. The first-order valence-corrected chi connectivity index (χ1v) is 6.07. The Morgan fingerprint density at radius 1 is 1.37 bits per heavy atom. The van der Waals surface area contributed by atoms with Crippen LogP contribution in [0.1, 0.15) is 28.8 Å². The van der Waals surface area contributed by atoms with Crippen molar-refractivity contribution in [1.29, 1.82) is 0 Å². The fourth-order valence-electron chi connectivity index (χ4n) is 2.13. The van der Waals surface area contributed by atoms with E-state index in [1.165, 1.54) is 12.1 Å². The summed E-state index contributed by atoms with van der Waals surface area (Å²) in [6.45, 7) is 0.461. The quantitative estimate of drug-likeness (QED) is 0.886. The zero-order valence-corrected chi connectivity index (χ0v) is 10.2. The van der Waals surface area contributed by atoms with Gasteiger partial charge in [0.1, 0.15) is 0 Å². The number of halogens is 3. The minimum atomic E-state index is -4.43. The van der Waals surface area contributed by atoms with Crippen LogP contribution in [-0.4, -0.2) is 18.5 Å². The normalized spacial score (nSPS) is 22.7. The number of amides is 1. The standard InChI is InChI=1S/C13H15F3N2O/c14-13(15,16)10-3-1-2-9(6-10)12(19)18-7-8-4-11(17)5-8/h1-3,6,8,11H,4-5,7,17H2,(H,18,19). The van der Waals surface area contributed by atoms with Gasteiger partial charge in [0, 0.05) is 18.2 Å². The Labute approximate surface area is 109 Å². The minimum absolute atomic E-state index is 0.0263. The van der Waals surface area contributed by atoms with Gasteiger partial charge in [-0.25, -0.2) is 0 Å². The number of nitrogens with one attached hydrogen (secondary N) is 1. The molecule has 0 saturated heterocycles. The van der Waals surface area contributed by atoms with E-state index < -0.39 is 17.6 Å². The summed E-state index contributed by atoms with van der Waals surface area (Å²) < 4.78 is 37.5. The first kappa shape index (κ1) is 13.9. The average molecular weight is 272 g/mol. The summed E-state index contributed by atoms with van der Waals surface area (Å²) in [6, 6.07) is 4.60. The molecule has 1 aromatic rings. The lowest BCUT2D eigenvalue weighted by molar-refractivity contribution is -0.137. The van der Waals surface area contributed by atoms with Crippen LogP contribution in [0.4, 0.5) is 13.2 Å². The molecule has 1 aromatic carbocycles. The summed E-state index contributed by atoms with van der Waals surface area (Å²) in [5.74, 6) is -0.142. The van der Waals surface area contributed by atoms with Crippen LogP contribution in [0.2, 0.25) is 0 Å². The van der Waals surface area contributed by atoms with Crippen molar-refractivity contribution in [1.82, 2.24) is 5.32 Å². The molecule has 0 aromatic heterocycles.